The Morgan fingerprint density at radius 3 is 2.78 bits per heavy atom. The Kier molecular flexibility index (Phi) is 4.85. The van der Waals surface area contributed by atoms with Gasteiger partial charge in [0.25, 0.3) is 5.70 Å². The van der Waals surface area contributed by atoms with E-state index in [0.717, 1.165) is 0 Å². The lowest BCUT2D eigenvalue weighted by Crippen LogP contribution is -2.53. The molecule has 0 saturated carbocycles. The zero-order valence-electron chi connectivity index (χ0n) is 12.2. The number of piperidine rings is 1. The van der Waals surface area contributed by atoms with Crippen LogP contribution in [-0.4, -0.2) is 33.6 Å². The molecule has 0 spiro atoms. The second-order valence-electron chi connectivity index (χ2n) is 5.11. The molecule has 8 nitrogen and oxygen atoms in total. The second kappa shape index (κ2) is 6.82. The fraction of sp³-hybridized carbons (Fsp3) is 0.267. The number of rotatable bonds is 4. The van der Waals surface area contributed by atoms with Gasteiger partial charge in [0.2, 0.25) is 17.7 Å². The van der Waals surface area contributed by atoms with Crippen LogP contribution < -0.4 is 5.32 Å². The van der Waals surface area contributed by atoms with Crippen molar-refractivity contribution in [2.45, 2.75) is 25.3 Å². The topological polar surface area (TPSA) is 110 Å². The van der Waals surface area contributed by atoms with Gasteiger partial charge in [-0.3, -0.25) is 29.8 Å². The van der Waals surface area contributed by atoms with Crippen LogP contribution in [0.25, 0.3) is 0 Å². The van der Waals surface area contributed by atoms with Gasteiger partial charge in [-0.2, -0.15) is 0 Å². The Morgan fingerprint density at radius 2 is 2.17 bits per heavy atom. The Bertz CT molecular complexity index is 675. The lowest BCUT2D eigenvalue weighted by Gasteiger charge is -2.32. The smallest absolute Gasteiger partial charge is 0.262 e. The summed E-state index contributed by atoms with van der Waals surface area (Å²) in [6, 6.07) is -0.678. The van der Waals surface area contributed by atoms with E-state index in [1.165, 1.54) is 23.3 Å². The molecule has 2 heterocycles. The Hall–Kier alpha value is -3.03. The number of carbonyl (C=O) groups excluding carboxylic acids is 3. The molecule has 0 aliphatic carbocycles. The van der Waals surface area contributed by atoms with E-state index in [1.54, 1.807) is 12.2 Å². The van der Waals surface area contributed by atoms with Crippen LogP contribution in [0.2, 0.25) is 0 Å². The Balaban J connectivity index is 2.05. The maximum Gasteiger partial charge on any atom is 0.262 e. The van der Waals surface area contributed by atoms with Gasteiger partial charge in [0, 0.05) is 18.7 Å². The van der Waals surface area contributed by atoms with Crippen molar-refractivity contribution in [2.75, 3.05) is 0 Å². The summed E-state index contributed by atoms with van der Waals surface area (Å²) in [7, 11) is 0. The van der Waals surface area contributed by atoms with E-state index in [0.29, 0.717) is 12.0 Å². The highest BCUT2D eigenvalue weighted by Gasteiger charge is 2.34. The number of imide groups is 1. The lowest BCUT2D eigenvalue weighted by molar-refractivity contribution is -0.418. The molecule has 1 atom stereocenters. The number of nitrogens with zero attached hydrogens (tertiary/aromatic N) is 2. The van der Waals surface area contributed by atoms with Gasteiger partial charge in [0.15, 0.2) is 0 Å². The monoisotopic (exact) mass is 317 g/mol. The van der Waals surface area contributed by atoms with Gasteiger partial charge in [0.05, 0.1) is 11.3 Å². The average molecular weight is 317 g/mol. The quantitative estimate of drug-likeness (QED) is 0.357. The molecule has 120 valence electrons. The molecule has 1 N–H and O–H groups in total. The summed E-state index contributed by atoms with van der Waals surface area (Å²) in [6.07, 6.45) is 7.97. The van der Waals surface area contributed by atoms with E-state index in [-0.39, 0.29) is 30.4 Å². The first-order chi connectivity index (χ1) is 10.9. The Morgan fingerprint density at radius 1 is 1.43 bits per heavy atom. The number of allylic oxidation sites excluding steroid dienone is 4. The third-order valence-corrected chi connectivity index (χ3v) is 3.47. The van der Waals surface area contributed by atoms with Crippen LogP contribution in [0.4, 0.5) is 0 Å². The predicted molar refractivity (Wildman–Crippen MR) is 80.1 cm³/mol. The zero-order valence-corrected chi connectivity index (χ0v) is 12.2. The van der Waals surface area contributed by atoms with Crippen LogP contribution in [0, 0.1) is 10.1 Å². The molecule has 0 radical (unpaired) electrons. The van der Waals surface area contributed by atoms with Crippen LogP contribution in [0.1, 0.15) is 19.3 Å². The molecule has 1 unspecified atom stereocenters. The standard InChI is InChI=1S/C15H15N3O5/c1-10(18(22)23)3-2-4-11-7-8-17(14(20)9-11)12-5-6-13(19)16-15(12)21/h2-4,7-8,12H,1,5-6,9H2,(H,16,19,21)/b3-2-,11-4-. The molecule has 1 saturated heterocycles. The predicted octanol–water partition coefficient (Wildman–Crippen LogP) is 0.811. The van der Waals surface area contributed by atoms with Gasteiger partial charge in [-0.05, 0) is 24.6 Å². The maximum absolute atomic E-state index is 12.2. The van der Waals surface area contributed by atoms with E-state index < -0.39 is 16.9 Å². The van der Waals surface area contributed by atoms with Gasteiger partial charge in [-0.15, -0.1) is 0 Å². The van der Waals surface area contributed by atoms with Crippen molar-refractivity contribution in [3.05, 3.63) is 58.5 Å². The summed E-state index contributed by atoms with van der Waals surface area (Å²) >= 11 is 0. The van der Waals surface area contributed by atoms with E-state index in [1.807, 2.05) is 0 Å². The summed E-state index contributed by atoms with van der Waals surface area (Å²) in [4.78, 5) is 46.2. The molecule has 0 aromatic heterocycles. The van der Waals surface area contributed by atoms with Crippen molar-refractivity contribution in [1.29, 1.82) is 0 Å². The molecular weight excluding hydrogens is 302 g/mol. The van der Waals surface area contributed by atoms with E-state index in [2.05, 4.69) is 11.9 Å². The number of hydrogen-bond acceptors (Lipinski definition) is 5. The SMILES string of the molecule is C=C(/C=C\C=C1\C=CN(C2CCC(=O)NC2=O)C(=O)C1)[N+](=O)[O-]. The lowest BCUT2D eigenvalue weighted by atomic mass is 10.0. The van der Waals surface area contributed by atoms with Gasteiger partial charge >= 0.3 is 0 Å². The fourth-order valence-corrected chi connectivity index (χ4v) is 2.27. The van der Waals surface area contributed by atoms with Gasteiger partial charge in [0.1, 0.15) is 6.04 Å². The van der Waals surface area contributed by atoms with Crippen molar-refractivity contribution in [2.24, 2.45) is 0 Å². The number of nitrogens with one attached hydrogen (secondary N) is 1. The zero-order chi connectivity index (χ0) is 17.0. The second-order valence-corrected chi connectivity index (χ2v) is 5.11. The number of amides is 3. The van der Waals surface area contributed by atoms with Gasteiger partial charge in [-0.1, -0.05) is 12.2 Å². The summed E-state index contributed by atoms with van der Waals surface area (Å²) in [5.41, 5.74) is 0.407. The summed E-state index contributed by atoms with van der Waals surface area (Å²) in [6.45, 7) is 3.26. The summed E-state index contributed by atoms with van der Waals surface area (Å²) in [5.74, 6) is -1.08. The van der Waals surface area contributed by atoms with Crippen molar-refractivity contribution in [3.63, 3.8) is 0 Å². The summed E-state index contributed by atoms with van der Waals surface area (Å²) < 4.78 is 0. The normalized spacial score (nSPS) is 23.5. The number of nitro groups is 1. The molecule has 23 heavy (non-hydrogen) atoms. The molecule has 0 bridgehead atoms. The fourth-order valence-electron chi connectivity index (χ4n) is 2.27. The molecular formula is C15H15N3O5. The highest BCUT2D eigenvalue weighted by Crippen LogP contribution is 2.21. The first kappa shape index (κ1) is 16.3. The van der Waals surface area contributed by atoms with E-state index in [9.17, 15) is 24.5 Å². The first-order valence-corrected chi connectivity index (χ1v) is 6.92. The average Bonchev–Trinajstić information content (AvgIpc) is 2.48. The van der Waals surface area contributed by atoms with E-state index in [4.69, 9.17) is 0 Å². The van der Waals surface area contributed by atoms with Crippen molar-refractivity contribution in [1.82, 2.24) is 10.2 Å². The largest absolute Gasteiger partial charge is 0.306 e. The summed E-state index contributed by atoms with van der Waals surface area (Å²) in [5, 5.41) is 12.6. The number of carbonyl (C=O) groups is 3. The molecule has 2 rings (SSSR count). The molecule has 0 aromatic carbocycles. The van der Waals surface area contributed by atoms with Crippen LogP contribution in [0.5, 0.6) is 0 Å². The third kappa shape index (κ3) is 4.00. The van der Waals surface area contributed by atoms with Crippen LogP contribution in [-0.2, 0) is 14.4 Å². The Labute approximate surface area is 132 Å². The molecule has 8 heteroatoms. The minimum absolute atomic E-state index is 0.0729. The van der Waals surface area contributed by atoms with Gasteiger partial charge < -0.3 is 4.90 Å². The third-order valence-electron chi connectivity index (χ3n) is 3.47. The molecule has 0 aromatic rings. The van der Waals surface area contributed by atoms with E-state index >= 15 is 0 Å². The van der Waals surface area contributed by atoms with Crippen LogP contribution in [0.3, 0.4) is 0 Å². The maximum atomic E-state index is 12.2. The van der Waals surface area contributed by atoms with Crippen molar-refractivity contribution in [3.8, 4) is 0 Å². The van der Waals surface area contributed by atoms with Gasteiger partial charge in [-0.25, -0.2) is 0 Å². The number of hydrogen-bond donors (Lipinski definition) is 1. The molecule has 2 aliphatic rings. The molecule has 3 amide bonds. The molecule has 2 aliphatic heterocycles. The van der Waals surface area contributed by atoms with Crippen molar-refractivity contribution >= 4 is 17.7 Å². The highest BCUT2D eigenvalue weighted by molar-refractivity contribution is 6.02. The first-order valence-electron chi connectivity index (χ1n) is 6.92. The molecule has 1 fully saturated rings. The van der Waals surface area contributed by atoms with Crippen LogP contribution >= 0.6 is 0 Å². The van der Waals surface area contributed by atoms with Crippen LogP contribution in [0.15, 0.2) is 48.4 Å². The highest BCUT2D eigenvalue weighted by atomic mass is 16.6. The van der Waals surface area contributed by atoms with Crippen molar-refractivity contribution < 1.29 is 19.3 Å². The minimum Gasteiger partial charge on any atom is -0.306 e. The minimum atomic E-state index is -0.678.